The van der Waals surface area contributed by atoms with Crippen molar-refractivity contribution in [3.63, 3.8) is 0 Å². The molecule has 1 saturated heterocycles. The summed E-state index contributed by atoms with van der Waals surface area (Å²) in [5, 5.41) is 8.04. The van der Waals surface area contributed by atoms with Crippen LogP contribution in [0, 0.1) is 0 Å². The van der Waals surface area contributed by atoms with Crippen LogP contribution in [-0.2, 0) is 10.0 Å². The van der Waals surface area contributed by atoms with Crippen LogP contribution in [0.1, 0.15) is 26.2 Å². The summed E-state index contributed by atoms with van der Waals surface area (Å²) in [6.07, 6.45) is 2.88. The van der Waals surface area contributed by atoms with E-state index < -0.39 is 10.0 Å². The number of aromatic amines is 1. The van der Waals surface area contributed by atoms with Crippen LogP contribution in [0.15, 0.2) is 32.6 Å². The van der Waals surface area contributed by atoms with Gasteiger partial charge in [0.15, 0.2) is 0 Å². The predicted molar refractivity (Wildman–Crippen MR) is 85.4 cm³/mol. The van der Waals surface area contributed by atoms with Gasteiger partial charge in [0, 0.05) is 29.6 Å². The van der Waals surface area contributed by atoms with E-state index >= 15 is 0 Å². The fraction of sp³-hybridized carbons (Fsp3) is 0.429. The van der Waals surface area contributed by atoms with E-state index in [1.165, 1.54) is 17.4 Å². The van der Waals surface area contributed by atoms with Gasteiger partial charge < -0.3 is 0 Å². The fourth-order valence-electron chi connectivity index (χ4n) is 2.64. The molecule has 0 saturated carbocycles. The molecular formula is C14H17N3O3S2. The maximum atomic E-state index is 12.8. The number of hydrogen-bond donors (Lipinski definition) is 1. The Kier molecular flexibility index (Phi) is 4.16. The van der Waals surface area contributed by atoms with Crippen molar-refractivity contribution in [3.05, 3.63) is 33.9 Å². The van der Waals surface area contributed by atoms with Crippen molar-refractivity contribution in [1.82, 2.24) is 14.5 Å². The summed E-state index contributed by atoms with van der Waals surface area (Å²) in [5.74, 6) is 0. The van der Waals surface area contributed by atoms with E-state index in [9.17, 15) is 13.2 Å². The van der Waals surface area contributed by atoms with Crippen molar-refractivity contribution in [3.8, 4) is 11.3 Å². The quantitative estimate of drug-likeness (QED) is 0.928. The average molecular weight is 339 g/mol. The second kappa shape index (κ2) is 5.94. The zero-order chi connectivity index (χ0) is 15.7. The van der Waals surface area contributed by atoms with Crippen molar-refractivity contribution >= 4 is 21.4 Å². The zero-order valence-corrected chi connectivity index (χ0v) is 13.8. The molecule has 6 nitrogen and oxygen atoms in total. The maximum absolute atomic E-state index is 12.8. The smallest absolute Gasteiger partial charge is 0.264 e. The number of hydrogen-bond acceptors (Lipinski definition) is 5. The van der Waals surface area contributed by atoms with Gasteiger partial charge in [-0.3, -0.25) is 4.79 Å². The lowest BCUT2D eigenvalue weighted by molar-refractivity contribution is 0.269. The average Bonchev–Trinajstić information content (AvgIpc) is 2.99. The van der Waals surface area contributed by atoms with E-state index in [4.69, 9.17) is 0 Å². The molecular weight excluding hydrogens is 322 g/mol. The van der Waals surface area contributed by atoms with Gasteiger partial charge in [-0.05, 0) is 31.9 Å². The lowest BCUT2D eigenvalue weighted by Crippen LogP contribution is -2.41. The summed E-state index contributed by atoms with van der Waals surface area (Å²) in [7, 11) is -3.45. The summed E-state index contributed by atoms with van der Waals surface area (Å²) in [6, 6.07) is 4.62. The molecule has 1 atom stereocenters. The molecule has 0 aliphatic carbocycles. The van der Waals surface area contributed by atoms with Crippen LogP contribution in [0.5, 0.6) is 0 Å². The first kappa shape index (κ1) is 15.4. The molecule has 22 heavy (non-hydrogen) atoms. The molecule has 2 aromatic rings. The molecule has 0 bridgehead atoms. The summed E-state index contributed by atoms with van der Waals surface area (Å²) >= 11 is 1.19. The van der Waals surface area contributed by atoms with Crippen molar-refractivity contribution in [2.24, 2.45) is 0 Å². The minimum atomic E-state index is -3.45. The monoisotopic (exact) mass is 339 g/mol. The van der Waals surface area contributed by atoms with E-state index in [0.29, 0.717) is 22.0 Å². The standard InChI is InChI=1S/C14H17N3O3S2/c1-10-4-2-3-7-17(10)22(19,20)14-8-11(9-21-14)12-5-6-13(18)16-15-12/h5-6,8-10H,2-4,7H2,1H3,(H,16,18)/t10-/m1/s1. The molecule has 0 aromatic carbocycles. The van der Waals surface area contributed by atoms with Crippen molar-refractivity contribution in [2.75, 3.05) is 6.54 Å². The lowest BCUT2D eigenvalue weighted by Gasteiger charge is -2.31. The van der Waals surface area contributed by atoms with Gasteiger partial charge >= 0.3 is 0 Å². The van der Waals surface area contributed by atoms with Crippen molar-refractivity contribution in [1.29, 1.82) is 0 Å². The number of nitrogens with one attached hydrogen (secondary N) is 1. The van der Waals surface area contributed by atoms with Gasteiger partial charge in [-0.15, -0.1) is 11.3 Å². The maximum Gasteiger partial charge on any atom is 0.264 e. The molecule has 118 valence electrons. The van der Waals surface area contributed by atoms with Crippen molar-refractivity contribution in [2.45, 2.75) is 36.4 Å². The Morgan fingerprint density at radius 1 is 1.36 bits per heavy atom. The zero-order valence-electron chi connectivity index (χ0n) is 12.2. The van der Waals surface area contributed by atoms with E-state index in [0.717, 1.165) is 19.3 Å². The third kappa shape index (κ3) is 2.86. The van der Waals surface area contributed by atoms with Crippen LogP contribution in [-0.4, -0.2) is 35.5 Å². The van der Waals surface area contributed by atoms with Crippen LogP contribution < -0.4 is 5.56 Å². The van der Waals surface area contributed by atoms with Crippen molar-refractivity contribution < 1.29 is 8.42 Å². The Labute approximate surface area is 132 Å². The molecule has 3 rings (SSSR count). The molecule has 3 heterocycles. The molecule has 8 heteroatoms. The first-order valence-corrected chi connectivity index (χ1v) is 9.47. The van der Waals surface area contributed by atoms with Crippen LogP contribution in [0.25, 0.3) is 11.3 Å². The number of thiophene rings is 1. The third-order valence-corrected chi connectivity index (χ3v) is 7.28. The first-order valence-electron chi connectivity index (χ1n) is 7.15. The Balaban J connectivity index is 1.92. The Bertz CT molecular complexity index is 805. The highest BCUT2D eigenvalue weighted by Gasteiger charge is 2.32. The highest BCUT2D eigenvalue weighted by Crippen LogP contribution is 2.31. The number of nitrogens with zero attached hydrogens (tertiary/aromatic N) is 2. The second-order valence-corrected chi connectivity index (χ2v) is 8.45. The van der Waals surface area contributed by atoms with Crippen LogP contribution in [0.2, 0.25) is 0 Å². The second-order valence-electron chi connectivity index (χ2n) is 5.42. The molecule has 1 N–H and O–H groups in total. The Morgan fingerprint density at radius 2 is 2.18 bits per heavy atom. The van der Waals surface area contributed by atoms with Gasteiger partial charge in [-0.2, -0.15) is 9.40 Å². The molecule has 0 radical (unpaired) electrons. The molecule has 0 spiro atoms. The molecule has 1 aliphatic heterocycles. The Hall–Kier alpha value is -1.51. The normalized spacial score (nSPS) is 20.1. The van der Waals surface area contributed by atoms with E-state index in [-0.39, 0.29) is 11.6 Å². The first-order chi connectivity index (χ1) is 10.5. The number of rotatable bonds is 3. The molecule has 0 unspecified atom stereocenters. The van der Waals surface area contributed by atoms with Crippen LogP contribution in [0.4, 0.5) is 0 Å². The van der Waals surface area contributed by atoms with E-state index in [2.05, 4.69) is 10.2 Å². The number of piperidine rings is 1. The van der Waals surface area contributed by atoms with Gasteiger partial charge in [0.05, 0.1) is 5.69 Å². The van der Waals surface area contributed by atoms with Crippen LogP contribution in [0.3, 0.4) is 0 Å². The predicted octanol–water partition coefficient (Wildman–Crippen LogP) is 2.06. The summed E-state index contributed by atoms with van der Waals surface area (Å²) < 4.78 is 27.4. The largest absolute Gasteiger partial charge is 0.268 e. The molecule has 0 amide bonds. The number of aromatic nitrogens is 2. The van der Waals surface area contributed by atoms with Gasteiger partial charge in [0.25, 0.3) is 15.6 Å². The van der Waals surface area contributed by atoms with E-state index in [1.807, 2.05) is 6.92 Å². The fourth-order valence-corrected chi connectivity index (χ4v) is 5.64. The molecule has 1 fully saturated rings. The number of H-pyrrole nitrogens is 1. The van der Waals surface area contributed by atoms with Gasteiger partial charge in [-0.1, -0.05) is 6.42 Å². The minimum absolute atomic E-state index is 0.0375. The van der Waals surface area contributed by atoms with Crippen LogP contribution >= 0.6 is 11.3 Å². The topological polar surface area (TPSA) is 83.1 Å². The highest BCUT2D eigenvalue weighted by atomic mass is 32.2. The Morgan fingerprint density at radius 3 is 2.86 bits per heavy atom. The van der Waals surface area contributed by atoms with Gasteiger partial charge in [-0.25, -0.2) is 13.5 Å². The number of sulfonamides is 1. The minimum Gasteiger partial charge on any atom is -0.268 e. The van der Waals surface area contributed by atoms with Gasteiger partial charge in [0.1, 0.15) is 4.21 Å². The third-order valence-electron chi connectivity index (χ3n) is 3.86. The summed E-state index contributed by atoms with van der Waals surface area (Å²) in [5.41, 5.74) is 0.974. The highest BCUT2D eigenvalue weighted by molar-refractivity contribution is 7.91. The summed E-state index contributed by atoms with van der Waals surface area (Å²) in [6.45, 7) is 2.53. The SMILES string of the molecule is C[C@@H]1CCCCN1S(=O)(=O)c1cc(-c2ccc(=O)[nH]n2)cs1. The molecule has 2 aromatic heterocycles. The molecule has 1 aliphatic rings. The summed E-state index contributed by atoms with van der Waals surface area (Å²) in [4.78, 5) is 11.0. The van der Waals surface area contributed by atoms with Gasteiger partial charge in [0.2, 0.25) is 0 Å². The van der Waals surface area contributed by atoms with E-state index in [1.54, 1.807) is 21.8 Å². The lowest BCUT2D eigenvalue weighted by atomic mass is 10.1.